The van der Waals surface area contributed by atoms with Crippen molar-refractivity contribution in [1.82, 2.24) is 4.90 Å². The molecule has 4 unspecified atom stereocenters. The van der Waals surface area contributed by atoms with Gasteiger partial charge in [0.2, 0.25) is 0 Å². The molecule has 2 heterocycles. The van der Waals surface area contributed by atoms with Gasteiger partial charge in [0, 0.05) is 17.5 Å². The third-order valence-electron chi connectivity index (χ3n) is 8.08. The fraction of sp³-hybridized carbons (Fsp3) is 0.355. The van der Waals surface area contributed by atoms with Gasteiger partial charge in [0.15, 0.2) is 0 Å². The number of rotatable bonds is 5. The Morgan fingerprint density at radius 3 is 2.54 bits per heavy atom. The Morgan fingerprint density at radius 2 is 1.80 bits per heavy atom. The molecule has 1 spiro atoms. The molecule has 1 saturated carbocycles. The van der Waals surface area contributed by atoms with Crippen molar-refractivity contribution >= 4 is 17.1 Å². The summed E-state index contributed by atoms with van der Waals surface area (Å²) in [6, 6.07) is 21.7. The van der Waals surface area contributed by atoms with Gasteiger partial charge < -0.3 is 10.0 Å². The summed E-state index contributed by atoms with van der Waals surface area (Å²) < 4.78 is 0. The molecule has 6 rings (SSSR count). The monoisotopic (exact) mass is 463 g/mol. The van der Waals surface area contributed by atoms with Crippen LogP contribution in [0.25, 0.3) is 5.70 Å². The Morgan fingerprint density at radius 1 is 1.03 bits per heavy atom. The SMILES string of the molecule is CCC(CO)N=C1C=CC2=NC34CCCCC3C(c3ccccc3)C=C(c3ccccc3)N4C2=C1. The number of aliphatic imine (C=N–C) groups is 2. The first-order valence-electron chi connectivity index (χ1n) is 13.0. The fourth-order valence-corrected chi connectivity index (χ4v) is 6.39. The molecule has 1 N–H and O–H groups in total. The first-order chi connectivity index (χ1) is 17.2. The zero-order valence-corrected chi connectivity index (χ0v) is 20.3. The van der Waals surface area contributed by atoms with Crippen LogP contribution in [-0.2, 0) is 0 Å². The van der Waals surface area contributed by atoms with Crippen molar-refractivity contribution in [2.75, 3.05) is 6.61 Å². The molecule has 0 bridgehead atoms. The van der Waals surface area contributed by atoms with Gasteiger partial charge in [-0.15, -0.1) is 0 Å². The molecule has 2 aliphatic carbocycles. The highest BCUT2D eigenvalue weighted by Crippen LogP contribution is 2.57. The van der Waals surface area contributed by atoms with Gasteiger partial charge in [0.05, 0.1) is 29.8 Å². The number of benzene rings is 2. The molecule has 0 aromatic heterocycles. The van der Waals surface area contributed by atoms with Gasteiger partial charge in [-0.05, 0) is 55.0 Å². The van der Waals surface area contributed by atoms with E-state index in [1.165, 1.54) is 36.1 Å². The lowest BCUT2D eigenvalue weighted by Gasteiger charge is -2.53. The molecular weight excluding hydrogens is 430 g/mol. The second-order valence-corrected chi connectivity index (χ2v) is 10.1. The van der Waals surface area contributed by atoms with Crippen molar-refractivity contribution in [2.24, 2.45) is 15.9 Å². The summed E-state index contributed by atoms with van der Waals surface area (Å²) in [7, 11) is 0. The summed E-state index contributed by atoms with van der Waals surface area (Å²) >= 11 is 0. The molecule has 35 heavy (non-hydrogen) atoms. The van der Waals surface area contributed by atoms with Crippen molar-refractivity contribution in [1.29, 1.82) is 0 Å². The van der Waals surface area contributed by atoms with E-state index in [0.29, 0.717) is 11.8 Å². The summed E-state index contributed by atoms with van der Waals surface area (Å²) in [6.45, 7) is 2.14. The van der Waals surface area contributed by atoms with Crippen LogP contribution in [0.3, 0.4) is 0 Å². The number of nitrogens with zero attached hydrogens (tertiary/aromatic N) is 3. The van der Waals surface area contributed by atoms with Gasteiger partial charge in [-0.25, -0.2) is 0 Å². The van der Waals surface area contributed by atoms with Crippen LogP contribution in [-0.4, -0.2) is 39.7 Å². The standard InChI is InChI=1S/C31H33N3O/c1-2-24(21-35)32-25-16-17-28-30(19-25)34-29(23-13-7-4-8-14-23)20-26(22-11-5-3-6-12-22)27-15-9-10-18-31(27,34)33-28/h3-8,11-14,16-17,19-20,24,26-27,35H,2,9-10,15,18,21H2,1H3. The lowest BCUT2D eigenvalue weighted by Crippen LogP contribution is -2.54. The Hall–Kier alpha value is -3.24. The summed E-state index contributed by atoms with van der Waals surface area (Å²) in [5.74, 6) is 0.740. The van der Waals surface area contributed by atoms with Crippen LogP contribution in [0, 0.1) is 5.92 Å². The van der Waals surface area contributed by atoms with E-state index in [2.05, 4.69) is 96.8 Å². The summed E-state index contributed by atoms with van der Waals surface area (Å²) in [5.41, 5.74) is 6.69. The first kappa shape index (κ1) is 22.2. The van der Waals surface area contributed by atoms with E-state index in [1.54, 1.807) is 0 Å². The van der Waals surface area contributed by atoms with Crippen LogP contribution in [0.5, 0.6) is 0 Å². The maximum absolute atomic E-state index is 9.72. The highest BCUT2D eigenvalue weighted by Gasteiger charge is 2.56. The molecule has 2 aromatic carbocycles. The molecular formula is C31H33N3O. The van der Waals surface area contributed by atoms with Crippen LogP contribution in [0.4, 0.5) is 0 Å². The largest absolute Gasteiger partial charge is 0.394 e. The van der Waals surface area contributed by atoms with Crippen molar-refractivity contribution < 1.29 is 5.11 Å². The van der Waals surface area contributed by atoms with E-state index in [1.807, 2.05) is 0 Å². The molecule has 2 aromatic rings. The van der Waals surface area contributed by atoms with Crippen molar-refractivity contribution in [3.8, 4) is 0 Å². The average Bonchev–Trinajstić information content (AvgIpc) is 3.24. The average molecular weight is 464 g/mol. The Labute approximate surface area is 208 Å². The number of aliphatic hydroxyl groups excluding tert-OH is 1. The van der Waals surface area contributed by atoms with Gasteiger partial charge in [0.25, 0.3) is 0 Å². The smallest absolute Gasteiger partial charge is 0.140 e. The van der Waals surface area contributed by atoms with E-state index in [0.717, 1.165) is 30.0 Å². The number of hydrogen-bond donors (Lipinski definition) is 1. The van der Waals surface area contributed by atoms with Crippen molar-refractivity contribution in [3.63, 3.8) is 0 Å². The topological polar surface area (TPSA) is 48.2 Å². The molecule has 0 saturated heterocycles. The lowest BCUT2D eigenvalue weighted by molar-refractivity contribution is 0.0687. The summed E-state index contributed by atoms with van der Waals surface area (Å²) in [5, 5.41) is 9.72. The van der Waals surface area contributed by atoms with Gasteiger partial charge >= 0.3 is 0 Å². The van der Waals surface area contributed by atoms with E-state index in [-0.39, 0.29) is 18.3 Å². The van der Waals surface area contributed by atoms with E-state index in [4.69, 9.17) is 9.98 Å². The Balaban J connectivity index is 1.54. The number of allylic oxidation sites excluding steroid dienone is 4. The van der Waals surface area contributed by atoms with Gasteiger partial charge in [-0.3, -0.25) is 9.98 Å². The molecule has 4 aliphatic rings. The maximum atomic E-state index is 9.72. The van der Waals surface area contributed by atoms with Crippen molar-refractivity contribution in [3.05, 3.63) is 102 Å². The summed E-state index contributed by atoms with van der Waals surface area (Å²) in [4.78, 5) is 12.9. The zero-order chi connectivity index (χ0) is 23.8. The van der Waals surface area contributed by atoms with Crippen LogP contribution in [0.1, 0.15) is 56.1 Å². The molecule has 2 aliphatic heterocycles. The predicted molar refractivity (Wildman–Crippen MR) is 143 cm³/mol. The molecule has 178 valence electrons. The minimum absolute atomic E-state index is 0.0710. The highest BCUT2D eigenvalue weighted by atomic mass is 16.3. The Bertz CT molecular complexity index is 1240. The number of fused-ring (bicyclic) bond motifs is 2. The normalized spacial score (nSPS) is 29.0. The second-order valence-electron chi connectivity index (χ2n) is 10.1. The van der Waals surface area contributed by atoms with E-state index < -0.39 is 0 Å². The molecule has 4 heteroatoms. The van der Waals surface area contributed by atoms with Crippen LogP contribution in [0.2, 0.25) is 0 Å². The minimum atomic E-state index is -0.277. The molecule has 1 fully saturated rings. The molecule has 4 atom stereocenters. The molecule has 0 radical (unpaired) electrons. The van der Waals surface area contributed by atoms with Gasteiger partial charge in [0.1, 0.15) is 5.66 Å². The van der Waals surface area contributed by atoms with Crippen LogP contribution >= 0.6 is 0 Å². The molecule has 4 nitrogen and oxygen atoms in total. The number of hydrogen-bond acceptors (Lipinski definition) is 4. The van der Waals surface area contributed by atoms with Gasteiger partial charge in [-0.1, -0.05) is 80.1 Å². The minimum Gasteiger partial charge on any atom is -0.394 e. The van der Waals surface area contributed by atoms with E-state index >= 15 is 0 Å². The number of aliphatic hydroxyl groups is 1. The van der Waals surface area contributed by atoms with Crippen LogP contribution in [0.15, 0.2) is 101 Å². The zero-order valence-electron chi connectivity index (χ0n) is 20.3. The second kappa shape index (κ2) is 9.09. The lowest BCUT2D eigenvalue weighted by atomic mass is 9.66. The van der Waals surface area contributed by atoms with Crippen LogP contribution < -0.4 is 0 Å². The first-order valence-corrected chi connectivity index (χ1v) is 13.0. The third-order valence-corrected chi connectivity index (χ3v) is 8.08. The summed E-state index contributed by atoms with van der Waals surface area (Å²) in [6.07, 6.45) is 14.4. The van der Waals surface area contributed by atoms with E-state index in [9.17, 15) is 5.11 Å². The maximum Gasteiger partial charge on any atom is 0.140 e. The molecule has 0 amide bonds. The Kier molecular flexibility index (Phi) is 5.77. The predicted octanol–water partition coefficient (Wildman–Crippen LogP) is 6.13. The van der Waals surface area contributed by atoms with Gasteiger partial charge in [-0.2, -0.15) is 0 Å². The fourth-order valence-electron chi connectivity index (χ4n) is 6.39. The quantitative estimate of drug-likeness (QED) is 0.542. The third kappa shape index (κ3) is 3.71. The highest BCUT2D eigenvalue weighted by molar-refractivity contribution is 6.22. The van der Waals surface area contributed by atoms with Crippen molar-refractivity contribution in [2.45, 2.75) is 56.7 Å².